The number of hydrogen-bond donors (Lipinski definition) is 2. The van der Waals surface area contributed by atoms with Gasteiger partial charge in [0.15, 0.2) is 0 Å². The van der Waals surface area contributed by atoms with Crippen LogP contribution in [0.5, 0.6) is 0 Å². The van der Waals surface area contributed by atoms with E-state index >= 15 is 0 Å². The summed E-state index contributed by atoms with van der Waals surface area (Å²) in [5.74, 6) is -1.11. The van der Waals surface area contributed by atoms with Crippen LogP contribution in [0.1, 0.15) is 21.7 Å². The van der Waals surface area contributed by atoms with Gasteiger partial charge in [-0.2, -0.15) is 0 Å². The number of hydrogen-bond acceptors (Lipinski definition) is 6. The van der Waals surface area contributed by atoms with Gasteiger partial charge in [0, 0.05) is 5.69 Å². The second-order valence-corrected chi connectivity index (χ2v) is 8.29. The van der Waals surface area contributed by atoms with E-state index in [2.05, 4.69) is 20.8 Å². The predicted octanol–water partition coefficient (Wildman–Crippen LogP) is 4.70. The van der Waals surface area contributed by atoms with Crippen LogP contribution in [0.15, 0.2) is 42.5 Å². The van der Waals surface area contributed by atoms with E-state index in [4.69, 9.17) is 23.2 Å². The monoisotopic (exact) mass is 481 g/mol. The van der Waals surface area contributed by atoms with Gasteiger partial charge in [-0.15, -0.1) is 10.2 Å². The number of amides is 2. The quantitative estimate of drug-likeness (QED) is 0.486. The summed E-state index contributed by atoms with van der Waals surface area (Å²) in [6, 6.07) is 10.4. The van der Waals surface area contributed by atoms with Gasteiger partial charge in [0.05, 0.1) is 28.8 Å². The number of carbonyl (C=O) groups is 2. The summed E-state index contributed by atoms with van der Waals surface area (Å²) in [6.45, 7) is 2.88. The Balaban J connectivity index is 1.58. The minimum Gasteiger partial charge on any atom is -0.322 e. The maximum Gasteiger partial charge on any atom is 0.286 e. The van der Waals surface area contributed by atoms with Crippen LogP contribution in [-0.2, 0) is 11.3 Å². The van der Waals surface area contributed by atoms with Crippen LogP contribution >= 0.6 is 34.5 Å². The number of nitrogens with zero attached hydrogens (tertiary/aromatic N) is 3. The molecule has 1 heterocycles. The van der Waals surface area contributed by atoms with Crippen molar-refractivity contribution in [2.45, 2.75) is 13.5 Å². The van der Waals surface area contributed by atoms with Gasteiger partial charge in [0.1, 0.15) is 10.8 Å². The van der Waals surface area contributed by atoms with E-state index in [9.17, 15) is 14.0 Å². The smallest absolute Gasteiger partial charge is 0.286 e. The molecule has 0 aliphatic rings. The lowest BCUT2D eigenvalue weighted by molar-refractivity contribution is -0.117. The van der Waals surface area contributed by atoms with E-state index in [1.165, 1.54) is 24.3 Å². The van der Waals surface area contributed by atoms with Gasteiger partial charge in [0.25, 0.3) is 5.91 Å². The normalized spacial score (nSPS) is 10.9. The fourth-order valence-corrected chi connectivity index (χ4v) is 3.87. The number of carbonyl (C=O) groups excluding carboxylic acids is 2. The molecule has 1 aromatic heterocycles. The van der Waals surface area contributed by atoms with E-state index in [0.29, 0.717) is 39.5 Å². The van der Waals surface area contributed by atoms with Gasteiger partial charge >= 0.3 is 0 Å². The van der Waals surface area contributed by atoms with Crippen molar-refractivity contribution in [3.63, 3.8) is 0 Å². The minimum atomic E-state index is -0.440. The highest BCUT2D eigenvalue weighted by Crippen LogP contribution is 2.29. The average Bonchev–Trinajstić information content (AvgIpc) is 3.21. The molecule has 3 rings (SSSR count). The highest BCUT2D eigenvalue weighted by molar-refractivity contribution is 7.13. The van der Waals surface area contributed by atoms with Crippen molar-refractivity contribution in [2.24, 2.45) is 0 Å². The number of likely N-dealkylation sites (N-methyl/N-ethyl adjacent to an activating group) is 1. The lowest BCUT2D eigenvalue weighted by atomic mass is 10.3. The first-order chi connectivity index (χ1) is 14.9. The van der Waals surface area contributed by atoms with Crippen LogP contribution in [0.2, 0.25) is 10.0 Å². The molecule has 31 heavy (non-hydrogen) atoms. The standard InChI is InChI=1S/C20H18Cl2FN5O2S/c1-2-28(10-16(29)25-18-14(21)4-3-5-15(18)22)11-17-26-27-20(31-17)19(30)24-13-8-6-12(23)7-9-13/h3-9H,2,10-11H2,1H3,(H,24,30)(H,25,29). The van der Waals surface area contributed by atoms with Crippen molar-refractivity contribution in [3.8, 4) is 0 Å². The number of para-hydroxylation sites is 1. The van der Waals surface area contributed by atoms with Crippen LogP contribution in [-0.4, -0.2) is 40.0 Å². The molecule has 162 valence electrons. The number of aromatic nitrogens is 2. The number of anilines is 2. The summed E-state index contributed by atoms with van der Waals surface area (Å²) in [7, 11) is 0. The molecule has 2 N–H and O–H groups in total. The Hall–Kier alpha value is -2.59. The molecule has 0 saturated heterocycles. The zero-order valence-electron chi connectivity index (χ0n) is 16.4. The molecule has 0 aliphatic heterocycles. The van der Waals surface area contributed by atoms with Crippen molar-refractivity contribution < 1.29 is 14.0 Å². The molecule has 11 heteroatoms. The van der Waals surface area contributed by atoms with Crippen LogP contribution in [0.25, 0.3) is 0 Å². The van der Waals surface area contributed by atoms with Crippen molar-refractivity contribution in [3.05, 3.63) is 68.3 Å². The summed E-state index contributed by atoms with van der Waals surface area (Å²) in [5.41, 5.74) is 0.816. The fraction of sp³-hybridized carbons (Fsp3) is 0.200. The third kappa shape index (κ3) is 6.44. The fourth-order valence-electron chi connectivity index (χ4n) is 2.60. The summed E-state index contributed by atoms with van der Waals surface area (Å²) >= 11 is 13.3. The Bertz CT molecular complexity index is 1060. The van der Waals surface area contributed by atoms with Gasteiger partial charge in [-0.3, -0.25) is 14.5 Å². The highest BCUT2D eigenvalue weighted by Gasteiger charge is 2.17. The highest BCUT2D eigenvalue weighted by atomic mass is 35.5. The topological polar surface area (TPSA) is 87.2 Å². The maximum absolute atomic E-state index is 13.0. The van der Waals surface area contributed by atoms with Gasteiger partial charge < -0.3 is 10.6 Å². The SMILES string of the molecule is CCN(CC(=O)Nc1c(Cl)cccc1Cl)Cc1nnc(C(=O)Nc2ccc(F)cc2)s1. The molecule has 0 fully saturated rings. The molecule has 0 bridgehead atoms. The van der Waals surface area contributed by atoms with Crippen LogP contribution in [0.4, 0.5) is 15.8 Å². The minimum absolute atomic E-state index is 0.0781. The van der Waals surface area contributed by atoms with Crippen LogP contribution < -0.4 is 10.6 Å². The zero-order chi connectivity index (χ0) is 22.4. The Morgan fingerprint density at radius 1 is 1.06 bits per heavy atom. The molecule has 3 aromatic rings. The first-order valence-electron chi connectivity index (χ1n) is 9.21. The molecule has 0 spiro atoms. The number of rotatable bonds is 8. The average molecular weight is 482 g/mol. The van der Waals surface area contributed by atoms with E-state index in [1.54, 1.807) is 18.2 Å². The van der Waals surface area contributed by atoms with Crippen molar-refractivity contribution in [1.82, 2.24) is 15.1 Å². The summed E-state index contributed by atoms with van der Waals surface area (Å²) in [5, 5.41) is 14.7. The lowest BCUT2D eigenvalue weighted by Crippen LogP contribution is -2.32. The Morgan fingerprint density at radius 2 is 1.74 bits per heavy atom. The predicted molar refractivity (Wildman–Crippen MR) is 120 cm³/mol. The zero-order valence-corrected chi connectivity index (χ0v) is 18.7. The summed E-state index contributed by atoms with van der Waals surface area (Å²) in [6.07, 6.45) is 0. The van der Waals surface area contributed by atoms with Crippen LogP contribution in [0, 0.1) is 5.82 Å². The Labute approximate surface area is 192 Å². The number of halogens is 3. The first kappa shape index (κ1) is 23.1. The van der Waals surface area contributed by atoms with Gasteiger partial charge in [-0.25, -0.2) is 4.39 Å². The van der Waals surface area contributed by atoms with Crippen molar-refractivity contribution in [1.29, 1.82) is 0 Å². The van der Waals surface area contributed by atoms with Gasteiger partial charge in [-0.05, 0) is 42.9 Å². The number of benzene rings is 2. The molecular weight excluding hydrogens is 464 g/mol. The maximum atomic E-state index is 13.0. The lowest BCUT2D eigenvalue weighted by Gasteiger charge is -2.18. The van der Waals surface area contributed by atoms with E-state index < -0.39 is 11.7 Å². The number of nitrogens with one attached hydrogen (secondary N) is 2. The van der Waals surface area contributed by atoms with E-state index in [0.717, 1.165) is 11.3 Å². The molecular formula is C20H18Cl2FN5O2S. The Kier molecular flexibility index (Phi) is 7.91. The molecule has 0 atom stereocenters. The van der Waals surface area contributed by atoms with E-state index in [1.807, 2.05) is 11.8 Å². The second kappa shape index (κ2) is 10.6. The largest absolute Gasteiger partial charge is 0.322 e. The van der Waals surface area contributed by atoms with Crippen molar-refractivity contribution in [2.75, 3.05) is 23.7 Å². The third-order valence-corrected chi connectivity index (χ3v) is 5.70. The third-order valence-electron chi connectivity index (χ3n) is 4.16. The first-order valence-corrected chi connectivity index (χ1v) is 10.8. The van der Waals surface area contributed by atoms with E-state index in [-0.39, 0.29) is 17.5 Å². The second-order valence-electron chi connectivity index (χ2n) is 6.41. The molecule has 0 aliphatic carbocycles. The molecule has 7 nitrogen and oxygen atoms in total. The van der Waals surface area contributed by atoms with Crippen molar-refractivity contribution >= 4 is 57.7 Å². The molecule has 2 aromatic carbocycles. The van der Waals surface area contributed by atoms with Gasteiger partial charge in [-0.1, -0.05) is 47.5 Å². The van der Waals surface area contributed by atoms with Crippen LogP contribution in [0.3, 0.4) is 0 Å². The molecule has 0 radical (unpaired) electrons. The van der Waals surface area contributed by atoms with Gasteiger partial charge in [0.2, 0.25) is 10.9 Å². The summed E-state index contributed by atoms with van der Waals surface area (Å²) < 4.78 is 13.0. The molecule has 0 unspecified atom stereocenters. The Morgan fingerprint density at radius 3 is 2.39 bits per heavy atom. The summed E-state index contributed by atoms with van der Waals surface area (Å²) in [4.78, 5) is 26.6. The molecule has 2 amide bonds. The molecule has 0 saturated carbocycles.